The Morgan fingerprint density at radius 2 is 1.50 bits per heavy atom. The van der Waals surface area contributed by atoms with Crippen LogP contribution in [-0.4, -0.2) is 35.5 Å². The third kappa shape index (κ3) is 4.40. The maximum atomic E-state index is 12.7. The van der Waals surface area contributed by atoms with Crippen LogP contribution in [0.4, 0.5) is 5.69 Å². The van der Waals surface area contributed by atoms with E-state index in [-0.39, 0.29) is 16.7 Å². The van der Waals surface area contributed by atoms with Crippen LogP contribution in [0.2, 0.25) is 0 Å². The molecule has 0 bridgehead atoms. The molecule has 2 aromatic rings. The van der Waals surface area contributed by atoms with Crippen LogP contribution in [0.5, 0.6) is 0 Å². The van der Waals surface area contributed by atoms with Crippen molar-refractivity contribution in [3.8, 4) is 0 Å². The number of carbonyl (C=O) groups excluding carboxylic acids is 3. The molecule has 2 amide bonds. The summed E-state index contributed by atoms with van der Waals surface area (Å²) in [5.41, 5.74) is 0.763. The summed E-state index contributed by atoms with van der Waals surface area (Å²) in [6.07, 6.45) is 5.28. The van der Waals surface area contributed by atoms with E-state index in [4.69, 9.17) is 9.84 Å². The van der Waals surface area contributed by atoms with E-state index in [1.807, 2.05) is 0 Å². The predicted molar refractivity (Wildman–Crippen MR) is 110 cm³/mol. The smallest absolute Gasteiger partial charge is 0.338 e. The van der Waals surface area contributed by atoms with E-state index in [1.165, 1.54) is 48.9 Å². The third-order valence-electron chi connectivity index (χ3n) is 4.98. The zero-order valence-corrected chi connectivity index (χ0v) is 16.7. The number of fused-ring (bicyclic) bond motifs is 1. The predicted octanol–water partition coefficient (Wildman–Crippen LogP) is 4.31. The van der Waals surface area contributed by atoms with Crippen LogP contribution in [0.1, 0.15) is 80.5 Å². The van der Waals surface area contributed by atoms with Crippen LogP contribution in [0.3, 0.4) is 0 Å². The van der Waals surface area contributed by atoms with Gasteiger partial charge in [0, 0.05) is 0 Å². The molecule has 1 aliphatic rings. The molecule has 7 nitrogen and oxygen atoms in total. The number of aromatic carboxylic acids is 1. The molecular weight excluding hydrogens is 386 g/mol. The number of carboxylic acid groups (broad SMARTS) is 1. The number of imide groups is 1. The van der Waals surface area contributed by atoms with Crippen molar-refractivity contribution in [3.05, 3.63) is 64.7 Å². The number of ether oxygens (including phenoxy) is 1. The van der Waals surface area contributed by atoms with E-state index < -0.39 is 23.8 Å². The Morgan fingerprint density at radius 1 is 0.867 bits per heavy atom. The van der Waals surface area contributed by atoms with Gasteiger partial charge in [0.05, 0.1) is 34.5 Å². The van der Waals surface area contributed by atoms with Crippen LogP contribution in [0.25, 0.3) is 0 Å². The Labute approximate surface area is 174 Å². The van der Waals surface area contributed by atoms with E-state index >= 15 is 0 Å². The lowest BCUT2D eigenvalue weighted by molar-refractivity contribution is 0.0497. The van der Waals surface area contributed by atoms with Crippen molar-refractivity contribution in [2.75, 3.05) is 11.5 Å². The highest BCUT2D eigenvalue weighted by atomic mass is 16.5. The lowest BCUT2D eigenvalue weighted by Gasteiger charge is -2.14. The first-order valence-corrected chi connectivity index (χ1v) is 9.97. The van der Waals surface area contributed by atoms with Crippen molar-refractivity contribution in [1.82, 2.24) is 0 Å². The Hall–Kier alpha value is -3.48. The van der Waals surface area contributed by atoms with E-state index in [9.17, 15) is 19.2 Å². The summed E-state index contributed by atoms with van der Waals surface area (Å²) in [5.74, 6) is -2.76. The molecule has 1 aliphatic heterocycles. The average Bonchev–Trinajstić information content (AvgIpc) is 3.00. The van der Waals surface area contributed by atoms with Crippen molar-refractivity contribution in [1.29, 1.82) is 0 Å². The number of unbranched alkanes of at least 4 members (excludes halogenated alkanes) is 4. The first-order valence-electron chi connectivity index (χ1n) is 9.97. The molecule has 2 aromatic carbocycles. The summed E-state index contributed by atoms with van der Waals surface area (Å²) < 4.78 is 5.26. The quantitative estimate of drug-likeness (QED) is 0.376. The Bertz CT molecular complexity index is 980. The number of hydrogen-bond donors (Lipinski definition) is 1. The van der Waals surface area contributed by atoms with Gasteiger partial charge in [-0.15, -0.1) is 0 Å². The Kier molecular flexibility index (Phi) is 6.61. The maximum Gasteiger partial charge on any atom is 0.338 e. The number of esters is 1. The monoisotopic (exact) mass is 409 g/mol. The van der Waals surface area contributed by atoms with Crippen molar-refractivity contribution in [2.24, 2.45) is 0 Å². The van der Waals surface area contributed by atoms with Gasteiger partial charge in [-0.25, -0.2) is 14.5 Å². The number of carboxylic acids is 1. The number of carbonyl (C=O) groups is 4. The molecule has 1 heterocycles. The first kappa shape index (κ1) is 21.2. The topological polar surface area (TPSA) is 101 Å². The second-order valence-electron chi connectivity index (χ2n) is 7.11. The lowest BCUT2D eigenvalue weighted by Crippen LogP contribution is -2.29. The van der Waals surface area contributed by atoms with Crippen molar-refractivity contribution >= 4 is 29.4 Å². The molecular formula is C23H23NO6. The molecule has 3 rings (SSSR count). The average molecular weight is 409 g/mol. The van der Waals surface area contributed by atoms with Crippen LogP contribution in [0.15, 0.2) is 42.5 Å². The highest BCUT2D eigenvalue weighted by molar-refractivity contribution is 6.34. The van der Waals surface area contributed by atoms with Crippen molar-refractivity contribution in [2.45, 2.75) is 39.0 Å². The first-order chi connectivity index (χ1) is 14.4. The highest BCUT2D eigenvalue weighted by Crippen LogP contribution is 2.29. The number of benzene rings is 2. The number of nitrogens with zero attached hydrogens (tertiary/aromatic N) is 1. The van der Waals surface area contributed by atoms with E-state index in [0.29, 0.717) is 17.9 Å². The Balaban J connectivity index is 1.66. The lowest BCUT2D eigenvalue weighted by atomic mass is 10.1. The summed E-state index contributed by atoms with van der Waals surface area (Å²) in [6, 6.07) is 9.82. The van der Waals surface area contributed by atoms with Gasteiger partial charge in [0.25, 0.3) is 11.8 Å². The van der Waals surface area contributed by atoms with Crippen LogP contribution in [0, 0.1) is 0 Å². The van der Waals surface area contributed by atoms with Gasteiger partial charge in [-0.1, -0.05) is 32.6 Å². The largest absolute Gasteiger partial charge is 0.478 e. The molecule has 156 valence electrons. The number of amides is 2. The fraction of sp³-hybridized carbons (Fsp3) is 0.304. The second-order valence-corrected chi connectivity index (χ2v) is 7.11. The third-order valence-corrected chi connectivity index (χ3v) is 4.98. The molecule has 0 spiro atoms. The highest BCUT2D eigenvalue weighted by Gasteiger charge is 2.37. The van der Waals surface area contributed by atoms with Gasteiger partial charge in [-0.3, -0.25) is 9.59 Å². The molecule has 0 aromatic heterocycles. The van der Waals surface area contributed by atoms with Gasteiger partial charge in [0.2, 0.25) is 0 Å². The molecule has 0 unspecified atom stereocenters. The fourth-order valence-electron chi connectivity index (χ4n) is 3.31. The van der Waals surface area contributed by atoms with E-state index in [0.717, 1.165) is 30.6 Å². The molecule has 7 heteroatoms. The van der Waals surface area contributed by atoms with Crippen molar-refractivity contribution < 1.29 is 29.0 Å². The van der Waals surface area contributed by atoms with E-state index in [2.05, 4.69) is 6.92 Å². The van der Waals surface area contributed by atoms with E-state index in [1.54, 1.807) is 0 Å². The summed E-state index contributed by atoms with van der Waals surface area (Å²) in [4.78, 5) is 49.5. The molecule has 0 aliphatic carbocycles. The number of anilines is 1. The summed E-state index contributed by atoms with van der Waals surface area (Å²) in [6.45, 7) is 2.49. The number of hydrogen-bond acceptors (Lipinski definition) is 5. The minimum absolute atomic E-state index is 0.0476. The summed E-state index contributed by atoms with van der Waals surface area (Å²) >= 11 is 0. The van der Waals surface area contributed by atoms with Gasteiger partial charge in [-0.2, -0.15) is 0 Å². The minimum atomic E-state index is -1.18. The van der Waals surface area contributed by atoms with Gasteiger partial charge >= 0.3 is 11.9 Å². The van der Waals surface area contributed by atoms with Gasteiger partial charge < -0.3 is 9.84 Å². The molecule has 0 saturated heterocycles. The minimum Gasteiger partial charge on any atom is -0.478 e. The molecule has 1 N–H and O–H groups in total. The zero-order valence-electron chi connectivity index (χ0n) is 16.7. The van der Waals surface area contributed by atoms with Gasteiger partial charge in [0.1, 0.15) is 0 Å². The summed E-state index contributed by atoms with van der Waals surface area (Å²) in [5, 5.41) is 9.10. The zero-order chi connectivity index (χ0) is 21.7. The van der Waals surface area contributed by atoms with Gasteiger partial charge in [-0.05, 0) is 48.9 Å². The van der Waals surface area contributed by atoms with Crippen LogP contribution >= 0.6 is 0 Å². The normalized spacial score (nSPS) is 12.8. The molecule has 0 radical (unpaired) electrons. The van der Waals surface area contributed by atoms with Gasteiger partial charge in [0.15, 0.2) is 0 Å². The Morgan fingerprint density at radius 3 is 2.17 bits per heavy atom. The SMILES string of the molecule is CCCCCCCOC(=O)c1ccc(N2C(=O)c3ccc(C(=O)O)cc3C2=O)cc1. The number of rotatable bonds is 9. The molecule has 0 saturated carbocycles. The van der Waals surface area contributed by atoms with Crippen LogP contribution < -0.4 is 4.90 Å². The molecule has 30 heavy (non-hydrogen) atoms. The second kappa shape index (κ2) is 9.35. The standard InChI is InChI=1S/C23H23NO6/c1-2-3-4-5-6-13-30-23(29)15-7-10-17(11-8-15)24-20(25)18-12-9-16(22(27)28)14-19(18)21(24)26/h7-12,14H,2-6,13H2,1H3,(H,27,28). The van der Waals surface area contributed by atoms with Crippen LogP contribution in [-0.2, 0) is 4.74 Å². The maximum absolute atomic E-state index is 12.7. The molecule has 0 fully saturated rings. The summed E-state index contributed by atoms with van der Waals surface area (Å²) in [7, 11) is 0. The fourth-order valence-corrected chi connectivity index (χ4v) is 3.31. The molecule has 0 atom stereocenters. The van der Waals surface area contributed by atoms with Crippen molar-refractivity contribution in [3.63, 3.8) is 0 Å².